The Morgan fingerprint density at radius 3 is 2.61 bits per heavy atom. The molecule has 0 radical (unpaired) electrons. The molecular formula is C11H14N2O4S. The summed E-state index contributed by atoms with van der Waals surface area (Å²) in [5, 5.41) is 0. The second kappa shape index (κ2) is 4.49. The van der Waals surface area contributed by atoms with Gasteiger partial charge in [0.2, 0.25) is 10.0 Å². The molecule has 0 unspecified atom stereocenters. The molecule has 6 nitrogen and oxygen atoms in total. The van der Waals surface area contributed by atoms with Crippen LogP contribution >= 0.6 is 0 Å². The lowest BCUT2D eigenvalue weighted by Gasteiger charge is -2.14. The third-order valence-electron chi connectivity index (χ3n) is 2.40. The SMILES string of the molecule is CS(=O)(=O)Nc1c(OC2CC2)cccc1C(N)=O. The first-order valence-electron chi connectivity index (χ1n) is 5.44. The lowest BCUT2D eigenvalue weighted by molar-refractivity contribution is 0.100. The van der Waals surface area contributed by atoms with E-state index in [1.54, 1.807) is 12.1 Å². The average molecular weight is 270 g/mol. The van der Waals surface area contributed by atoms with Gasteiger partial charge in [0.1, 0.15) is 11.4 Å². The van der Waals surface area contributed by atoms with Gasteiger partial charge in [-0.1, -0.05) is 6.07 Å². The maximum atomic E-state index is 11.3. The lowest BCUT2D eigenvalue weighted by atomic mass is 10.1. The molecule has 2 rings (SSSR count). The number of amides is 1. The fourth-order valence-corrected chi connectivity index (χ4v) is 2.07. The molecule has 1 amide bonds. The predicted octanol–water partition coefficient (Wildman–Crippen LogP) is 0.698. The Balaban J connectivity index is 2.43. The summed E-state index contributed by atoms with van der Waals surface area (Å²) in [5.41, 5.74) is 5.43. The molecule has 1 aliphatic rings. The van der Waals surface area contributed by atoms with E-state index >= 15 is 0 Å². The maximum Gasteiger partial charge on any atom is 0.250 e. The summed E-state index contributed by atoms with van der Waals surface area (Å²) in [6, 6.07) is 4.67. The molecule has 0 heterocycles. The fourth-order valence-electron chi connectivity index (χ4n) is 1.49. The summed E-state index contributed by atoms with van der Waals surface area (Å²) in [6.07, 6.45) is 2.96. The fraction of sp³-hybridized carbons (Fsp3) is 0.364. The van der Waals surface area contributed by atoms with Crippen molar-refractivity contribution < 1.29 is 17.9 Å². The number of nitrogens with one attached hydrogen (secondary N) is 1. The number of benzene rings is 1. The van der Waals surface area contributed by atoms with Gasteiger partial charge in [0, 0.05) is 0 Å². The monoisotopic (exact) mass is 270 g/mol. The number of rotatable bonds is 5. The van der Waals surface area contributed by atoms with E-state index in [0.717, 1.165) is 19.1 Å². The minimum atomic E-state index is -3.51. The number of anilines is 1. The highest BCUT2D eigenvalue weighted by Gasteiger charge is 2.26. The Kier molecular flexibility index (Phi) is 3.16. The predicted molar refractivity (Wildman–Crippen MR) is 67.1 cm³/mol. The summed E-state index contributed by atoms with van der Waals surface area (Å²) in [7, 11) is -3.51. The van der Waals surface area contributed by atoms with Gasteiger partial charge in [-0.15, -0.1) is 0 Å². The molecule has 18 heavy (non-hydrogen) atoms. The number of para-hydroxylation sites is 1. The largest absolute Gasteiger partial charge is 0.488 e. The van der Waals surface area contributed by atoms with E-state index in [0.29, 0.717) is 5.75 Å². The highest BCUT2D eigenvalue weighted by Crippen LogP contribution is 2.34. The van der Waals surface area contributed by atoms with Crippen molar-refractivity contribution in [1.29, 1.82) is 0 Å². The van der Waals surface area contributed by atoms with Crippen LogP contribution in [0.1, 0.15) is 23.2 Å². The Labute approximate surface area is 105 Å². The summed E-state index contributed by atoms with van der Waals surface area (Å²) >= 11 is 0. The third kappa shape index (κ3) is 3.13. The van der Waals surface area contributed by atoms with Gasteiger partial charge < -0.3 is 10.5 Å². The van der Waals surface area contributed by atoms with Crippen molar-refractivity contribution in [2.24, 2.45) is 5.73 Å². The number of nitrogens with two attached hydrogens (primary N) is 1. The Bertz CT molecular complexity index is 579. The van der Waals surface area contributed by atoms with E-state index in [2.05, 4.69) is 4.72 Å². The molecule has 0 spiro atoms. The van der Waals surface area contributed by atoms with Crippen molar-refractivity contribution in [3.8, 4) is 5.75 Å². The van der Waals surface area contributed by atoms with Gasteiger partial charge in [0.05, 0.1) is 17.9 Å². The Morgan fingerprint density at radius 2 is 2.11 bits per heavy atom. The molecule has 1 saturated carbocycles. The number of carbonyl (C=O) groups is 1. The van der Waals surface area contributed by atoms with E-state index < -0.39 is 15.9 Å². The molecule has 0 atom stereocenters. The van der Waals surface area contributed by atoms with Crippen LogP contribution in [0.4, 0.5) is 5.69 Å². The van der Waals surface area contributed by atoms with Crippen molar-refractivity contribution in [2.45, 2.75) is 18.9 Å². The van der Waals surface area contributed by atoms with Crippen LogP contribution in [0.3, 0.4) is 0 Å². The van der Waals surface area contributed by atoms with Gasteiger partial charge in [0.15, 0.2) is 0 Å². The maximum absolute atomic E-state index is 11.3. The molecule has 98 valence electrons. The first-order valence-corrected chi connectivity index (χ1v) is 7.33. The molecule has 1 aromatic rings. The molecular weight excluding hydrogens is 256 g/mol. The van der Waals surface area contributed by atoms with Gasteiger partial charge >= 0.3 is 0 Å². The quantitative estimate of drug-likeness (QED) is 0.822. The molecule has 0 aromatic heterocycles. The highest BCUT2D eigenvalue weighted by atomic mass is 32.2. The van der Waals surface area contributed by atoms with Crippen LogP contribution in [0.15, 0.2) is 18.2 Å². The normalized spacial score (nSPS) is 15.2. The molecule has 0 aliphatic heterocycles. The molecule has 0 saturated heterocycles. The first kappa shape index (κ1) is 12.7. The van der Waals surface area contributed by atoms with Crippen LogP contribution in [0.5, 0.6) is 5.75 Å². The number of ether oxygens (including phenoxy) is 1. The molecule has 1 aromatic carbocycles. The van der Waals surface area contributed by atoms with Gasteiger partial charge in [-0.25, -0.2) is 8.42 Å². The number of hydrogen-bond donors (Lipinski definition) is 2. The lowest BCUT2D eigenvalue weighted by Crippen LogP contribution is -2.18. The summed E-state index contributed by atoms with van der Waals surface area (Å²) in [5.74, 6) is -0.373. The molecule has 0 bridgehead atoms. The minimum Gasteiger partial charge on any atom is -0.488 e. The average Bonchev–Trinajstić information content (AvgIpc) is 3.02. The van der Waals surface area contributed by atoms with Crippen molar-refractivity contribution in [3.63, 3.8) is 0 Å². The number of sulfonamides is 1. The zero-order chi connectivity index (χ0) is 13.3. The first-order chi connectivity index (χ1) is 8.37. The smallest absolute Gasteiger partial charge is 0.250 e. The zero-order valence-electron chi connectivity index (χ0n) is 9.84. The zero-order valence-corrected chi connectivity index (χ0v) is 10.7. The van der Waals surface area contributed by atoms with Crippen LogP contribution in [0.25, 0.3) is 0 Å². The van der Waals surface area contributed by atoms with Gasteiger partial charge in [-0.05, 0) is 25.0 Å². The van der Waals surface area contributed by atoms with Gasteiger partial charge in [0.25, 0.3) is 5.91 Å². The van der Waals surface area contributed by atoms with Crippen molar-refractivity contribution in [3.05, 3.63) is 23.8 Å². The van der Waals surface area contributed by atoms with Crippen LogP contribution in [0, 0.1) is 0 Å². The topological polar surface area (TPSA) is 98.5 Å². The second-order valence-electron chi connectivity index (χ2n) is 4.23. The van der Waals surface area contributed by atoms with Crippen LogP contribution in [-0.4, -0.2) is 26.7 Å². The van der Waals surface area contributed by atoms with E-state index in [9.17, 15) is 13.2 Å². The second-order valence-corrected chi connectivity index (χ2v) is 5.98. The van der Waals surface area contributed by atoms with Crippen LogP contribution in [-0.2, 0) is 10.0 Å². The number of primary amides is 1. The highest BCUT2D eigenvalue weighted by molar-refractivity contribution is 7.92. The molecule has 3 N–H and O–H groups in total. The minimum absolute atomic E-state index is 0.0910. The third-order valence-corrected chi connectivity index (χ3v) is 2.97. The van der Waals surface area contributed by atoms with Crippen LogP contribution < -0.4 is 15.2 Å². The van der Waals surface area contributed by atoms with E-state index in [-0.39, 0.29) is 17.4 Å². The Hall–Kier alpha value is -1.76. The van der Waals surface area contributed by atoms with E-state index in [4.69, 9.17) is 10.5 Å². The van der Waals surface area contributed by atoms with Gasteiger partial charge in [-0.2, -0.15) is 0 Å². The molecule has 1 aliphatic carbocycles. The standard InChI is InChI=1S/C11H14N2O4S/c1-18(15,16)13-10-8(11(12)14)3-2-4-9(10)17-7-5-6-7/h2-4,7,13H,5-6H2,1H3,(H2,12,14). The van der Waals surface area contributed by atoms with Crippen molar-refractivity contribution in [2.75, 3.05) is 11.0 Å². The Morgan fingerprint density at radius 1 is 1.44 bits per heavy atom. The molecule has 1 fully saturated rings. The van der Waals surface area contributed by atoms with Crippen molar-refractivity contribution in [1.82, 2.24) is 0 Å². The van der Waals surface area contributed by atoms with Crippen LogP contribution in [0.2, 0.25) is 0 Å². The van der Waals surface area contributed by atoms with Crippen molar-refractivity contribution >= 4 is 21.6 Å². The number of carbonyl (C=O) groups excluding carboxylic acids is 1. The molecule has 7 heteroatoms. The number of hydrogen-bond acceptors (Lipinski definition) is 4. The summed E-state index contributed by atoms with van der Waals surface area (Å²) in [4.78, 5) is 11.3. The van der Waals surface area contributed by atoms with E-state index in [1.807, 2.05) is 0 Å². The summed E-state index contributed by atoms with van der Waals surface area (Å²) < 4.78 is 30.5. The van der Waals surface area contributed by atoms with E-state index in [1.165, 1.54) is 6.07 Å². The summed E-state index contributed by atoms with van der Waals surface area (Å²) in [6.45, 7) is 0. The van der Waals surface area contributed by atoms with Gasteiger partial charge in [-0.3, -0.25) is 9.52 Å².